The lowest BCUT2D eigenvalue weighted by Crippen LogP contribution is -2.26. The van der Waals surface area contributed by atoms with Crippen molar-refractivity contribution in [1.82, 2.24) is 15.3 Å². The van der Waals surface area contributed by atoms with E-state index in [4.69, 9.17) is 20.0 Å². The molecule has 0 bridgehead atoms. The van der Waals surface area contributed by atoms with E-state index in [0.717, 1.165) is 12.8 Å². The molecule has 1 atom stereocenters. The molecule has 1 aliphatic carbocycles. The first-order chi connectivity index (χ1) is 17.2. The first kappa shape index (κ1) is 25.0. The van der Waals surface area contributed by atoms with Gasteiger partial charge in [0.25, 0.3) is 5.91 Å². The highest BCUT2D eigenvalue weighted by Crippen LogP contribution is 2.37. The molecule has 4 N–H and O–H groups in total. The molecule has 1 amide bonds. The number of alkyl halides is 2. The van der Waals surface area contributed by atoms with Crippen LogP contribution in [0.25, 0.3) is 11.5 Å². The molecule has 2 aromatic heterocycles. The molecule has 3 aromatic rings. The third-order valence-electron chi connectivity index (χ3n) is 5.32. The van der Waals surface area contributed by atoms with Crippen molar-refractivity contribution in [3.8, 4) is 23.0 Å². The van der Waals surface area contributed by atoms with Crippen LogP contribution in [0, 0.1) is 5.92 Å². The van der Waals surface area contributed by atoms with Gasteiger partial charge in [-0.15, -0.1) is 0 Å². The number of nitrogens with two attached hydrogens (primary N) is 1. The number of oxazole rings is 1. The molecule has 1 saturated carbocycles. The van der Waals surface area contributed by atoms with Crippen molar-refractivity contribution in [3.05, 3.63) is 59.2 Å². The van der Waals surface area contributed by atoms with Crippen molar-refractivity contribution in [1.29, 1.82) is 0 Å². The second-order valence-corrected chi connectivity index (χ2v) is 8.32. The van der Waals surface area contributed by atoms with Gasteiger partial charge in [0, 0.05) is 5.56 Å². The molecule has 1 fully saturated rings. The van der Waals surface area contributed by atoms with Crippen molar-refractivity contribution in [2.75, 3.05) is 6.61 Å². The summed E-state index contributed by atoms with van der Waals surface area (Å²) in [6, 6.07) is 7.98. The van der Waals surface area contributed by atoms with Crippen LogP contribution >= 0.6 is 0 Å². The van der Waals surface area contributed by atoms with Crippen molar-refractivity contribution in [2.24, 2.45) is 11.7 Å². The molecule has 0 radical (unpaired) electrons. The van der Waals surface area contributed by atoms with Crippen LogP contribution < -0.4 is 20.5 Å². The summed E-state index contributed by atoms with van der Waals surface area (Å²) in [5.41, 5.74) is 6.47. The Morgan fingerprint density at radius 3 is 2.67 bits per heavy atom. The normalized spacial score (nSPS) is 13.9. The van der Waals surface area contributed by atoms with Gasteiger partial charge in [0.15, 0.2) is 23.0 Å². The van der Waals surface area contributed by atoms with Gasteiger partial charge < -0.3 is 30.0 Å². The molecule has 190 valence electrons. The Labute approximate surface area is 204 Å². The summed E-state index contributed by atoms with van der Waals surface area (Å²) < 4.78 is 41.7. The van der Waals surface area contributed by atoms with E-state index in [1.54, 1.807) is 13.0 Å². The number of halogens is 2. The highest BCUT2D eigenvalue weighted by atomic mass is 19.3. The van der Waals surface area contributed by atoms with Crippen LogP contribution in [0.4, 0.5) is 8.78 Å². The maximum Gasteiger partial charge on any atom is 0.387 e. The van der Waals surface area contributed by atoms with E-state index in [0.29, 0.717) is 23.8 Å². The number of amides is 1. The van der Waals surface area contributed by atoms with Gasteiger partial charge in [0.05, 0.1) is 24.9 Å². The van der Waals surface area contributed by atoms with Crippen LogP contribution in [0.5, 0.6) is 11.5 Å². The molecule has 0 unspecified atom stereocenters. The number of carboxylic acid groups (broad SMARTS) is 1. The van der Waals surface area contributed by atoms with Gasteiger partial charge in [0.2, 0.25) is 5.89 Å². The van der Waals surface area contributed by atoms with Crippen molar-refractivity contribution in [3.63, 3.8) is 0 Å². The van der Waals surface area contributed by atoms with Crippen LogP contribution in [-0.4, -0.2) is 40.2 Å². The van der Waals surface area contributed by atoms with Gasteiger partial charge in [-0.25, -0.2) is 14.8 Å². The number of carbonyl (C=O) groups excluding carboxylic acids is 1. The second kappa shape index (κ2) is 10.7. The van der Waals surface area contributed by atoms with Crippen molar-refractivity contribution >= 4 is 11.9 Å². The first-order valence-corrected chi connectivity index (χ1v) is 11.2. The average molecular weight is 502 g/mol. The number of nitrogens with zero attached hydrogens (tertiary/aromatic N) is 2. The fourth-order valence-corrected chi connectivity index (χ4v) is 3.32. The van der Waals surface area contributed by atoms with E-state index in [-0.39, 0.29) is 41.1 Å². The zero-order valence-corrected chi connectivity index (χ0v) is 19.2. The van der Waals surface area contributed by atoms with E-state index in [2.05, 4.69) is 20.0 Å². The molecule has 1 aliphatic rings. The molecule has 0 saturated heterocycles. The van der Waals surface area contributed by atoms with Crippen LogP contribution in [0.1, 0.15) is 58.2 Å². The van der Waals surface area contributed by atoms with E-state index in [1.165, 1.54) is 30.3 Å². The van der Waals surface area contributed by atoms with Crippen molar-refractivity contribution in [2.45, 2.75) is 39.0 Å². The Kier molecular flexibility index (Phi) is 7.44. The molecule has 10 nitrogen and oxygen atoms in total. The lowest BCUT2D eigenvalue weighted by molar-refractivity contribution is -0.0515. The first-order valence-electron chi connectivity index (χ1n) is 11.2. The molecule has 2 heterocycles. The molecular formula is C24H24F2N4O6. The summed E-state index contributed by atoms with van der Waals surface area (Å²) >= 11 is 0. The van der Waals surface area contributed by atoms with Gasteiger partial charge in [-0.2, -0.15) is 8.78 Å². The van der Waals surface area contributed by atoms with Crippen LogP contribution in [0.15, 0.2) is 40.8 Å². The van der Waals surface area contributed by atoms with Gasteiger partial charge >= 0.3 is 12.6 Å². The third-order valence-corrected chi connectivity index (χ3v) is 5.32. The number of nitrogens with one attached hydrogen (secondary N) is 1. The van der Waals surface area contributed by atoms with Gasteiger partial charge in [-0.1, -0.05) is 6.07 Å². The van der Waals surface area contributed by atoms with Crippen molar-refractivity contribution < 1.29 is 37.4 Å². The molecule has 1 aromatic carbocycles. The van der Waals surface area contributed by atoms with Crippen LogP contribution in [0.2, 0.25) is 0 Å². The minimum atomic E-state index is -3.02. The number of hydrogen-bond acceptors (Lipinski definition) is 8. The maximum absolute atomic E-state index is 12.9. The summed E-state index contributed by atoms with van der Waals surface area (Å²) in [6.45, 7) is -1.10. The van der Waals surface area contributed by atoms with Crippen LogP contribution in [0.3, 0.4) is 0 Å². The Morgan fingerprint density at radius 1 is 1.22 bits per heavy atom. The molecule has 0 aliphatic heterocycles. The predicted octanol–water partition coefficient (Wildman–Crippen LogP) is 3.77. The quantitative estimate of drug-likeness (QED) is 0.356. The van der Waals surface area contributed by atoms with E-state index < -0.39 is 24.5 Å². The highest BCUT2D eigenvalue weighted by Gasteiger charge is 2.26. The molecule has 12 heteroatoms. The van der Waals surface area contributed by atoms with Gasteiger partial charge in [-0.3, -0.25) is 4.79 Å². The summed E-state index contributed by atoms with van der Waals surface area (Å²) in [6.07, 6.45) is 2.02. The Morgan fingerprint density at radius 2 is 2.00 bits per heavy atom. The number of aromatic carboxylic acids is 1. The molecule has 4 rings (SSSR count). The zero-order chi connectivity index (χ0) is 25.8. The molecular weight excluding hydrogens is 478 g/mol. The lowest BCUT2D eigenvalue weighted by atomic mass is 10.2. The number of carbonyl (C=O) groups is 2. The number of ether oxygens (including phenoxy) is 2. The smallest absolute Gasteiger partial charge is 0.387 e. The monoisotopic (exact) mass is 502 g/mol. The minimum Gasteiger partial charge on any atom is -0.489 e. The SMILES string of the molecule is C[C@H](N)c1oc(-c2ccc(OC(F)F)c(OCC3CC3)c2)nc1C(=O)NCc1cccc(C(=O)O)n1. The second-order valence-electron chi connectivity index (χ2n) is 8.32. The summed E-state index contributed by atoms with van der Waals surface area (Å²) in [7, 11) is 0. The highest BCUT2D eigenvalue weighted by molar-refractivity contribution is 5.94. The largest absolute Gasteiger partial charge is 0.489 e. The molecule has 0 spiro atoms. The Hall–Kier alpha value is -4.06. The van der Waals surface area contributed by atoms with E-state index >= 15 is 0 Å². The minimum absolute atomic E-state index is 0.0401. The van der Waals surface area contributed by atoms with Gasteiger partial charge in [-0.05, 0) is 56.0 Å². The van der Waals surface area contributed by atoms with Crippen LogP contribution in [-0.2, 0) is 6.54 Å². The fourth-order valence-electron chi connectivity index (χ4n) is 3.32. The average Bonchev–Trinajstić information content (AvgIpc) is 3.56. The number of aromatic nitrogens is 2. The van der Waals surface area contributed by atoms with E-state index in [9.17, 15) is 18.4 Å². The topological polar surface area (TPSA) is 150 Å². The number of carboxylic acids is 1. The summed E-state index contributed by atoms with van der Waals surface area (Å²) in [5.74, 6) is -1.28. The van der Waals surface area contributed by atoms with E-state index in [1.807, 2.05) is 0 Å². The number of hydrogen-bond donors (Lipinski definition) is 3. The summed E-state index contributed by atoms with van der Waals surface area (Å²) in [5, 5.41) is 11.7. The number of pyridine rings is 1. The Bertz CT molecular complexity index is 1260. The maximum atomic E-state index is 12.9. The van der Waals surface area contributed by atoms with Gasteiger partial charge in [0.1, 0.15) is 5.69 Å². The standard InChI is InChI=1S/C24H24F2N4O6/c1-12(27)20-19(21(31)28-10-15-3-2-4-16(29-15)23(32)33)30-22(36-20)14-7-8-17(35-24(25)26)18(9-14)34-11-13-5-6-13/h2-4,7-9,12-13,24H,5-6,10-11,27H2,1H3,(H,28,31)(H,32,33)/t12-/m0/s1. The molecule has 36 heavy (non-hydrogen) atoms. The summed E-state index contributed by atoms with van der Waals surface area (Å²) in [4.78, 5) is 32.2. The third kappa shape index (κ3) is 6.13. The number of benzene rings is 1. The number of rotatable bonds is 11. The Balaban J connectivity index is 1.57. The zero-order valence-electron chi connectivity index (χ0n) is 19.2. The fraction of sp³-hybridized carbons (Fsp3) is 0.333. The lowest BCUT2D eigenvalue weighted by Gasteiger charge is -2.12. The predicted molar refractivity (Wildman–Crippen MR) is 122 cm³/mol.